The Morgan fingerprint density at radius 2 is 1.79 bits per heavy atom. The predicted molar refractivity (Wildman–Crippen MR) is 107 cm³/mol. The summed E-state index contributed by atoms with van der Waals surface area (Å²) in [6.07, 6.45) is 4.87. The van der Waals surface area contributed by atoms with E-state index >= 15 is 0 Å². The summed E-state index contributed by atoms with van der Waals surface area (Å²) in [5, 5.41) is 8.64. The molecule has 0 radical (unpaired) electrons. The molecule has 0 bridgehead atoms. The van der Waals surface area contributed by atoms with Crippen molar-refractivity contribution in [2.24, 2.45) is 0 Å². The molecule has 9 heteroatoms. The van der Waals surface area contributed by atoms with Crippen molar-refractivity contribution in [3.63, 3.8) is 0 Å². The minimum absolute atomic E-state index is 0.00650. The summed E-state index contributed by atoms with van der Waals surface area (Å²) in [6.45, 7) is 4.22. The minimum Gasteiger partial charge on any atom is -0.352 e. The second kappa shape index (κ2) is 8.17. The van der Waals surface area contributed by atoms with Crippen LogP contribution in [0.15, 0.2) is 53.8 Å². The van der Waals surface area contributed by atoms with Crippen LogP contribution in [0.5, 0.6) is 0 Å². The summed E-state index contributed by atoms with van der Waals surface area (Å²) >= 11 is 0. The Kier molecular flexibility index (Phi) is 5.28. The Morgan fingerprint density at radius 3 is 2.45 bits per heavy atom. The van der Waals surface area contributed by atoms with Crippen molar-refractivity contribution >= 4 is 11.7 Å². The fourth-order valence-corrected chi connectivity index (χ4v) is 3.24. The Labute approximate surface area is 167 Å². The first-order valence-corrected chi connectivity index (χ1v) is 9.40. The second-order valence-corrected chi connectivity index (χ2v) is 6.88. The van der Waals surface area contributed by atoms with Crippen molar-refractivity contribution in [1.82, 2.24) is 29.6 Å². The number of amides is 1. The zero-order chi connectivity index (χ0) is 20.2. The molecule has 148 valence electrons. The van der Waals surface area contributed by atoms with E-state index in [1.807, 2.05) is 24.3 Å². The van der Waals surface area contributed by atoms with Gasteiger partial charge in [-0.1, -0.05) is 0 Å². The van der Waals surface area contributed by atoms with Gasteiger partial charge in [-0.15, -0.1) is 10.2 Å². The van der Waals surface area contributed by atoms with Crippen LogP contribution in [-0.4, -0.2) is 61.7 Å². The lowest BCUT2D eigenvalue weighted by Crippen LogP contribution is -2.50. The number of hydrogen-bond donors (Lipinski definition) is 0. The molecule has 0 atom stereocenters. The highest BCUT2D eigenvalue weighted by atomic mass is 16.2. The van der Waals surface area contributed by atoms with E-state index in [1.165, 1.54) is 17.0 Å². The number of rotatable bonds is 4. The van der Waals surface area contributed by atoms with E-state index < -0.39 is 0 Å². The van der Waals surface area contributed by atoms with E-state index in [2.05, 4.69) is 25.1 Å². The highest BCUT2D eigenvalue weighted by Gasteiger charge is 2.22. The Hall–Kier alpha value is -3.62. The molecule has 0 unspecified atom stereocenters. The van der Waals surface area contributed by atoms with E-state index in [4.69, 9.17) is 0 Å². The largest absolute Gasteiger partial charge is 0.352 e. The maximum Gasteiger partial charge on any atom is 0.253 e. The summed E-state index contributed by atoms with van der Waals surface area (Å²) in [6, 6.07) is 9.09. The Balaban J connectivity index is 1.35. The van der Waals surface area contributed by atoms with E-state index in [9.17, 15) is 9.59 Å². The molecule has 3 aromatic rings. The van der Waals surface area contributed by atoms with Gasteiger partial charge in [0, 0.05) is 55.9 Å². The van der Waals surface area contributed by atoms with Gasteiger partial charge >= 0.3 is 0 Å². The molecule has 0 aromatic carbocycles. The molecule has 4 heterocycles. The highest BCUT2D eigenvalue weighted by molar-refractivity contribution is 5.76. The summed E-state index contributed by atoms with van der Waals surface area (Å²) in [5.74, 6) is 0.699. The fourth-order valence-electron chi connectivity index (χ4n) is 3.24. The summed E-state index contributed by atoms with van der Waals surface area (Å²) in [5.41, 5.74) is 2.19. The standard InChI is InChI=1S/C20H21N7O2/c1-15-12-19(28)27(14-22-15)13-20(29)26-10-8-25(9-11-26)18-3-2-17(23-24-18)16-4-6-21-7-5-16/h2-7,12,14H,8-11,13H2,1H3. The van der Waals surface area contributed by atoms with Crippen LogP contribution in [0.2, 0.25) is 0 Å². The van der Waals surface area contributed by atoms with Crippen molar-refractivity contribution in [3.8, 4) is 11.3 Å². The SMILES string of the molecule is Cc1cc(=O)n(CC(=O)N2CCN(c3ccc(-c4ccncc4)nn3)CC2)cn1. The molecule has 1 aliphatic rings. The first-order valence-electron chi connectivity index (χ1n) is 9.40. The summed E-state index contributed by atoms with van der Waals surface area (Å²) < 4.78 is 1.34. The van der Waals surface area contributed by atoms with Gasteiger partial charge in [-0.3, -0.25) is 19.1 Å². The van der Waals surface area contributed by atoms with Gasteiger partial charge < -0.3 is 9.80 Å². The quantitative estimate of drug-likeness (QED) is 0.647. The zero-order valence-corrected chi connectivity index (χ0v) is 16.1. The molecule has 0 spiro atoms. The molecule has 0 saturated carbocycles. The van der Waals surface area contributed by atoms with Crippen LogP contribution in [0.1, 0.15) is 5.69 Å². The van der Waals surface area contributed by atoms with Gasteiger partial charge in [-0.2, -0.15) is 0 Å². The lowest BCUT2D eigenvalue weighted by Gasteiger charge is -2.35. The molecule has 29 heavy (non-hydrogen) atoms. The zero-order valence-electron chi connectivity index (χ0n) is 16.1. The lowest BCUT2D eigenvalue weighted by molar-refractivity contribution is -0.132. The number of hydrogen-bond acceptors (Lipinski definition) is 7. The number of nitrogens with zero attached hydrogens (tertiary/aromatic N) is 7. The number of aromatic nitrogens is 5. The van der Waals surface area contributed by atoms with Gasteiger partial charge in [-0.05, 0) is 31.2 Å². The fraction of sp³-hybridized carbons (Fsp3) is 0.300. The van der Waals surface area contributed by atoms with Gasteiger partial charge in [0.25, 0.3) is 5.56 Å². The van der Waals surface area contributed by atoms with E-state index in [0.717, 1.165) is 17.1 Å². The molecular weight excluding hydrogens is 370 g/mol. The average molecular weight is 391 g/mol. The summed E-state index contributed by atoms with van der Waals surface area (Å²) in [7, 11) is 0. The molecule has 1 amide bonds. The number of piperazine rings is 1. The van der Waals surface area contributed by atoms with Crippen LogP contribution in [0.3, 0.4) is 0 Å². The minimum atomic E-state index is -0.214. The first kappa shape index (κ1) is 18.7. The highest BCUT2D eigenvalue weighted by Crippen LogP contribution is 2.18. The molecule has 0 N–H and O–H groups in total. The number of aryl methyl sites for hydroxylation is 1. The Morgan fingerprint density at radius 1 is 1.03 bits per heavy atom. The normalized spacial score (nSPS) is 14.1. The maximum absolute atomic E-state index is 12.5. The van der Waals surface area contributed by atoms with Gasteiger partial charge in [0.1, 0.15) is 6.54 Å². The van der Waals surface area contributed by atoms with Gasteiger partial charge in [0.05, 0.1) is 12.0 Å². The first-order chi connectivity index (χ1) is 14.1. The van der Waals surface area contributed by atoms with E-state index in [-0.39, 0.29) is 18.0 Å². The maximum atomic E-state index is 12.5. The topological polar surface area (TPSA) is 97.1 Å². The number of pyridine rings is 1. The second-order valence-electron chi connectivity index (χ2n) is 6.88. The molecular formula is C20H21N7O2. The van der Waals surface area contributed by atoms with E-state index in [0.29, 0.717) is 31.9 Å². The van der Waals surface area contributed by atoms with Crippen molar-refractivity contribution in [1.29, 1.82) is 0 Å². The van der Waals surface area contributed by atoms with Crippen LogP contribution < -0.4 is 10.5 Å². The van der Waals surface area contributed by atoms with Crippen molar-refractivity contribution < 1.29 is 4.79 Å². The third-order valence-electron chi connectivity index (χ3n) is 4.90. The number of anilines is 1. The van der Waals surface area contributed by atoms with Gasteiger partial charge in [-0.25, -0.2) is 4.98 Å². The van der Waals surface area contributed by atoms with Gasteiger partial charge in [0.2, 0.25) is 5.91 Å². The molecule has 9 nitrogen and oxygen atoms in total. The molecule has 1 fully saturated rings. The predicted octanol–water partition coefficient (Wildman–Crippen LogP) is 0.753. The molecule has 4 rings (SSSR count). The molecule has 1 saturated heterocycles. The van der Waals surface area contributed by atoms with Crippen LogP contribution in [-0.2, 0) is 11.3 Å². The summed E-state index contributed by atoms with van der Waals surface area (Å²) in [4.78, 5) is 36.4. The van der Waals surface area contributed by atoms with Gasteiger partial charge in [0.15, 0.2) is 5.82 Å². The van der Waals surface area contributed by atoms with Crippen LogP contribution in [0.25, 0.3) is 11.3 Å². The molecule has 1 aliphatic heterocycles. The average Bonchev–Trinajstić information content (AvgIpc) is 2.76. The third kappa shape index (κ3) is 4.29. The Bertz CT molecular complexity index is 1040. The smallest absolute Gasteiger partial charge is 0.253 e. The number of carbonyl (C=O) groups is 1. The monoisotopic (exact) mass is 391 g/mol. The van der Waals surface area contributed by atoms with E-state index in [1.54, 1.807) is 24.2 Å². The van der Waals surface area contributed by atoms with Crippen molar-refractivity contribution in [3.05, 3.63) is 65.1 Å². The third-order valence-corrected chi connectivity index (χ3v) is 4.90. The molecule has 3 aromatic heterocycles. The van der Waals surface area contributed by atoms with Crippen LogP contribution in [0.4, 0.5) is 5.82 Å². The van der Waals surface area contributed by atoms with Crippen LogP contribution >= 0.6 is 0 Å². The van der Waals surface area contributed by atoms with Crippen molar-refractivity contribution in [2.45, 2.75) is 13.5 Å². The molecule has 0 aliphatic carbocycles. The number of carbonyl (C=O) groups excluding carboxylic acids is 1. The van der Waals surface area contributed by atoms with Crippen molar-refractivity contribution in [2.75, 3.05) is 31.1 Å². The van der Waals surface area contributed by atoms with Crippen LogP contribution in [0, 0.1) is 6.92 Å². The lowest BCUT2D eigenvalue weighted by atomic mass is 10.2.